The van der Waals surface area contributed by atoms with Gasteiger partial charge in [0.2, 0.25) is 0 Å². The molecule has 18 heavy (non-hydrogen) atoms. The summed E-state index contributed by atoms with van der Waals surface area (Å²) in [6.07, 6.45) is 0. The van der Waals surface area contributed by atoms with E-state index >= 15 is 0 Å². The molecule has 0 aliphatic heterocycles. The summed E-state index contributed by atoms with van der Waals surface area (Å²) in [6, 6.07) is 18.7. The average Bonchev–Trinajstić information content (AvgIpc) is 2.79. The molecule has 0 atom stereocenters. The number of hydrogen-bond acceptors (Lipinski definition) is 1. The quantitative estimate of drug-likeness (QED) is 0.641. The lowest BCUT2D eigenvalue weighted by Crippen LogP contribution is -2.14. The fourth-order valence-corrected chi connectivity index (χ4v) is 3.41. The number of fused-ring (bicyclic) bond motifs is 1. The normalized spacial score (nSPS) is 11.3. The maximum Gasteiger partial charge on any atom is 0.0934 e. The van der Waals surface area contributed by atoms with Crippen LogP contribution in [0.4, 0.5) is 0 Å². The second kappa shape index (κ2) is 4.55. The van der Waals surface area contributed by atoms with Gasteiger partial charge in [0.05, 0.1) is 16.6 Å². The second-order valence-electron chi connectivity index (χ2n) is 4.48. The lowest BCUT2D eigenvalue weighted by Gasteiger charge is -2.10. The molecule has 2 aromatic carbocycles. The summed E-state index contributed by atoms with van der Waals surface area (Å²) >= 11 is 0. The number of para-hydroxylation sites is 1. The molecule has 3 aromatic rings. The van der Waals surface area contributed by atoms with Crippen LogP contribution in [0.25, 0.3) is 16.6 Å². The minimum Gasteiger partial charge on any atom is -0.232 e. The molecular formula is C15H15N2P. The summed E-state index contributed by atoms with van der Waals surface area (Å²) in [4.78, 5) is 0. The van der Waals surface area contributed by atoms with Crippen LogP contribution in [0.1, 0.15) is 0 Å². The predicted octanol–water partition coefficient (Wildman–Crippen LogP) is 3.39. The van der Waals surface area contributed by atoms with Gasteiger partial charge in [-0.2, -0.15) is 5.10 Å². The SMILES string of the molecule is CP(C)c1c2ccccc2nn1-c1ccccc1. The first kappa shape index (κ1) is 11.4. The summed E-state index contributed by atoms with van der Waals surface area (Å²) in [5.74, 6) is 0. The molecule has 0 N–H and O–H groups in total. The van der Waals surface area contributed by atoms with Gasteiger partial charge in [-0.25, -0.2) is 4.68 Å². The Morgan fingerprint density at radius 1 is 0.889 bits per heavy atom. The number of rotatable bonds is 2. The molecule has 90 valence electrons. The van der Waals surface area contributed by atoms with E-state index in [1.807, 2.05) is 12.1 Å². The molecule has 0 radical (unpaired) electrons. The average molecular weight is 254 g/mol. The first-order chi connectivity index (χ1) is 8.77. The van der Waals surface area contributed by atoms with Crippen molar-refractivity contribution < 1.29 is 0 Å². The molecule has 1 aromatic heterocycles. The lowest BCUT2D eigenvalue weighted by atomic mass is 10.3. The Bertz CT molecular complexity index is 671. The van der Waals surface area contributed by atoms with Gasteiger partial charge in [-0.15, -0.1) is 0 Å². The molecule has 0 amide bonds. The Labute approximate surface area is 108 Å². The summed E-state index contributed by atoms with van der Waals surface area (Å²) in [6.45, 7) is 4.55. The van der Waals surface area contributed by atoms with Gasteiger partial charge < -0.3 is 0 Å². The smallest absolute Gasteiger partial charge is 0.0934 e. The van der Waals surface area contributed by atoms with E-state index in [2.05, 4.69) is 60.5 Å². The molecule has 0 saturated heterocycles. The van der Waals surface area contributed by atoms with E-state index in [0.29, 0.717) is 0 Å². The van der Waals surface area contributed by atoms with Crippen LogP contribution in [0, 0.1) is 0 Å². The minimum atomic E-state index is -0.202. The number of aromatic nitrogens is 2. The second-order valence-corrected chi connectivity index (χ2v) is 6.69. The molecule has 0 aliphatic rings. The van der Waals surface area contributed by atoms with Crippen molar-refractivity contribution in [2.24, 2.45) is 0 Å². The molecular weight excluding hydrogens is 239 g/mol. The summed E-state index contributed by atoms with van der Waals surface area (Å²) in [5, 5.41) is 6.01. The number of nitrogens with zero attached hydrogens (tertiary/aromatic N) is 2. The molecule has 2 nitrogen and oxygen atoms in total. The Morgan fingerprint density at radius 2 is 1.56 bits per heavy atom. The minimum absolute atomic E-state index is 0.202. The van der Waals surface area contributed by atoms with Gasteiger partial charge >= 0.3 is 0 Å². The van der Waals surface area contributed by atoms with Crippen molar-refractivity contribution in [3.8, 4) is 5.69 Å². The van der Waals surface area contributed by atoms with Crippen molar-refractivity contribution in [2.45, 2.75) is 0 Å². The highest BCUT2D eigenvalue weighted by molar-refractivity contribution is 7.64. The van der Waals surface area contributed by atoms with Crippen LogP contribution in [0.5, 0.6) is 0 Å². The van der Waals surface area contributed by atoms with Crippen molar-refractivity contribution in [2.75, 3.05) is 13.3 Å². The molecule has 3 rings (SSSR count). The Balaban J connectivity index is 2.32. The van der Waals surface area contributed by atoms with Gasteiger partial charge in [-0.05, 0) is 31.5 Å². The van der Waals surface area contributed by atoms with Crippen molar-refractivity contribution >= 4 is 24.3 Å². The molecule has 0 fully saturated rings. The Hall–Kier alpha value is -1.66. The highest BCUT2D eigenvalue weighted by atomic mass is 31.1. The fraction of sp³-hybridized carbons (Fsp3) is 0.133. The van der Waals surface area contributed by atoms with Crippen LogP contribution in [-0.2, 0) is 0 Å². The van der Waals surface area contributed by atoms with Crippen LogP contribution >= 0.6 is 7.92 Å². The van der Waals surface area contributed by atoms with E-state index in [1.54, 1.807) is 0 Å². The zero-order chi connectivity index (χ0) is 12.5. The van der Waals surface area contributed by atoms with Crippen molar-refractivity contribution in [3.05, 3.63) is 54.6 Å². The monoisotopic (exact) mass is 254 g/mol. The van der Waals surface area contributed by atoms with Gasteiger partial charge in [-0.1, -0.05) is 44.3 Å². The van der Waals surface area contributed by atoms with Crippen LogP contribution < -0.4 is 5.44 Å². The summed E-state index contributed by atoms with van der Waals surface area (Å²) < 4.78 is 2.09. The van der Waals surface area contributed by atoms with Gasteiger partial charge in [0.1, 0.15) is 0 Å². The van der Waals surface area contributed by atoms with Crippen LogP contribution in [0.15, 0.2) is 54.6 Å². The van der Waals surface area contributed by atoms with Crippen molar-refractivity contribution in [1.29, 1.82) is 0 Å². The molecule has 3 heteroatoms. The van der Waals surface area contributed by atoms with E-state index in [0.717, 1.165) is 11.2 Å². The summed E-state index contributed by atoms with van der Waals surface area (Å²) in [7, 11) is -0.202. The zero-order valence-corrected chi connectivity index (χ0v) is 11.4. The maximum atomic E-state index is 4.74. The fourth-order valence-electron chi connectivity index (χ4n) is 2.20. The van der Waals surface area contributed by atoms with E-state index < -0.39 is 0 Å². The topological polar surface area (TPSA) is 17.8 Å². The van der Waals surface area contributed by atoms with E-state index in [1.165, 1.54) is 10.8 Å². The van der Waals surface area contributed by atoms with Gasteiger partial charge in [0, 0.05) is 5.39 Å². The molecule has 0 aliphatic carbocycles. The Kier molecular flexibility index (Phi) is 2.89. The van der Waals surface area contributed by atoms with E-state index in [-0.39, 0.29) is 7.92 Å². The molecule has 0 bridgehead atoms. The molecule has 0 unspecified atom stereocenters. The van der Waals surface area contributed by atoms with Gasteiger partial charge in [0.25, 0.3) is 0 Å². The zero-order valence-electron chi connectivity index (χ0n) is 10.5. The maximum absolute atomic E-state index is 4.74. The number of benzene rings is 2. The molecule has 0 spiro atoms. The Morgan fingerprint density at radius 3 is 2.28 bits per heavy atom. The molecule has 1 heterocycles. The summed E-state index contributed by atoms with van der Waals surface area (Å²) in [5.41, 5.74) is 3.55. The predicted molar refractivity (Wildman–Crippen MR) is 79.5 cm³/mol. The van der Waals surface area contributed by atoms with E-state index in [4.69, 9.17) is 5.10 Å². The highest BCUT2D eigenvalue weighted by Crippen LogP contribution is 2.29. The van der Waals surface area contributed by atoms with Gasteiger partial charge in [0.15, 0.2) is 0 Å². The molecule has 0 saturated carbocycles. The van der Waals surface area contributed by atoms with Crippen LogP contribution in [-0.4, -0.2) is 23.1 Å². The number of hydrogen-bond donors (Lipinski definition) is 0. The van der Waals surface area contributed by atoms with Crippen molar-refractivity contribution in [1.82, 2.24) is 9.78 Å². The standard InChI is InChI=1S/C15H15N2P/c1-18(2)15-13-10-6-7-11-14(13)16-17(15)12-8-4-3-5-9-12/h3-11H,1-2H3. The third kappa shape index (κ3) is 1.83. The van der Waals surface area contributed by atoms with Gasteiger partial charge in [-0.3, -0.25) is 0 Å². The third-order valence-electron chi connectivity index (χ3n) is 2.98. The van der Waals surface area contributed by atoms with Crippen LogP contribution in [0.2, 0.25) is 0 Å². The third-order valence-corrected chi connectivity index (χ3v) is 4.26. The first-order valence-corrected chi connectivity index (χ1v) is 8.21. The largest absolute Gasteiger partial charge is 0.232 e. The first-order valence-electron chi connectivity index (χ1n) is 5.98. The van der Waals surface area contributed by atoms with E-state index in [9.17, 15) is 0 Å². The van der Waals surface area contributed by atoms with Crippen LogP contribution in [0.3, 0.4) is 0 Å². The van der Waals surface area contributed by atoms with Crippen molar-refractivity contribution in [3.63, 3.8) is 0 Å². The lowest BCUT2D eigenvalue weighted by molar-refractivity contribution is 0.921. The highest BCUT2D eigenvalue weighted by Gasteiger charge is 2.14.